The zero-order valence-electron chi connectivity index (χ0n) is 12.4. The number of hydrogen-bond acceptors (Lipinski definition) is 4. The minimum absolute atomic E-state index is 0.200. The van der Waals surface area contributed by atoms with Crippen LogP contribution in [0.3, 0.4) is 0 Å². The fourth-order valence-corrected chi connectivity index (χ4v) is 2.15. The first kappa shape index (κ1) is 16.9. The number of carbonyl (C=O) groups excluding carboxylic acids is 3. The van der Waals surface area contributed by atoms with E-state index in [-0.39, 0.29) is 13.0 Å². The second-order valence-corrected chi connectivity index (χ2v) is 5.56. The van der Waals surface area contributed by atoms with Gasteiger partial charge in [-0.25, -0.2) is 4.79 Å². The van der Waals surface area contributed by atoms with Crippen LogP contribution < -0.4 is 10.6 Å². The number of hydrogen-bond donors (Lipinski definition) is 3. The number of amides is 4. The number of imide groups is 1. The molecule has 1 heterocycles. The molecule has 0 radical (unpaired) electrons. The molecule has 1 saturated heterocycles. The van der Waals surface area contributed by atoms with Gasteiger partial charge in [-0.1, -0.05) is 13.3 Å². The van der Waals surface area contributed by atoms with Crippen LogP contribution in [0.2, 0.25) is 0 Å². The van der Waals surface area contributed by atoms with Gasteiger partial charge in [0.15, 0.2) is 0 Å². The molecule has 1 fully saturated rings. The first-order chi connectivity index (χ1) is 9.68. The van der Waals surface area contributed by atoms with Crippen molar-refractivity contribution < 1.29 is 24.3 Å². The SMILES string of the molecule is CCCC(CC(=O)O)NC(=O)N1CC(=O)NC(=O)C1(C)C. The summed E-state index contributed by atoms with van der Waals surface area (Å²) in [6, 6.07) is -1.14. The number of urea groups is 1. The Morgan fingerprint density at radius 2 is 2.05 bits per heavy atom. The van der Waals surface area contributed by atoms with E-state index < -0.39 is 35.4 Å². The zero-order valence-corrected chi connectivity index (χ0v) is 12.4. The highest BCUT2D eigenvalue weighted by Crippen LogP contribution is 2.18. The third-order valence-electron chi connectivity index (χ3n) is 3.42. The first-order valence-electron chi connectivity index (χ1n) is 6.82. The average molecular weight is 299 g/mol. The Bertz CT molecular complexity index is 461. The highest BCUT2D eigenvalue weighted by Gasteiger charge is 2.43. The van der Waals surface area contributed by atoms with Gasteiger partial charge in [0.1, 0.15) is 12.1 Å². The molecule has 0 aromatic heterocycles. The second kappa shape index (κ2) is 6.55. The van der Waals surface area contributed by atoms with E-state index in [0.717, 1.165) is 4.90 Å². The summed E-state index contributed by atoms with van der Waals surface area (Å²) in [7, 11) is 0. The Kier molecular flexibility index (Phi) is 5.28. The summed E-state index contributed by atoms with van der Waals surface area (Å²) in [4.78, 5) is 47.4. The predicted molar refractivity (Wildman–Crippen MR) is 73.4 cm³/mol. The molecular formula is C13H21N3O5. The molecule has 8 nitrogen and oxygen atoms in total. The van der Waals surface area contributed by atoms with Crippen LogP contribution in [0.4, 0.5) is 4.79 Å². The van der Waals surface area contributed by atoms with Gasteiger partial charge in [-0.15, -0.1) is 0 Å². The number of aliphatic carboxylic acids is 1. The third-order valence-corrected chi connectivity index (χ3v) is 3.42. The lowest BCUT2D eigenvalue weighted by atomic mass is 9.99. The van der Waals surface area contributed by atoms with Gasteiger partial charge in [-0.05, 0) is 20.3 Å². The summed E-state index contributed by atoms with van der Waals surface area (Å²) in [5.41, 5.74) is -1.17. The van der Waals surface area contributed by atoms with E-state index in [2.05, 4.69) is 10.6 Å². The molecule has 1 unspecified atom stereocenters. The maximum atomic E-state index is 12.3. The van der Waals surface area contributed by atoms with Crippen molar-refractivity contribution in [2.24, 2.45) is 0 Å². The van der Waals surface area contributed by atoms with Crippen LogP contribution in [0, 0.1) is 0 Å². The summed E-state index contributed by atoms with van der Waals surface area (Å²) >= 11 is 0. The monoisotopic (exact) mass is 299 g/mol. The Hall–Kier alpha value is -2.12. The molecule has 0 bridgehead atoms. The molecule has 0 saturated carbocycles. The van der Waals surface area contributed by atoms with Crippen LogP contribution in [0.15, 0.2) is 0 Å². The molecule has 1 atom stereocenters. The van der Waals surface area contributed by atoms with Crippen LogP contribution >= 0.6 is 0 Å². The van der Waals surface area contributed by atoms with Crippen molar-refractivity contribution in [2.75, 3.05) is 6.54 Å². The minimum atomic E-state index is -1.17. The number of piperazine rings is 1. The van der Waals surface area contributed by atoms with Crippen molar-refractivity contribution >= 4 is 23.8 Å². The van der Waals surface area contributed by atoms with E-state index in [1.54, 1.807) is 0 Å². The van der Waals surface area contributed by atoms with E-state index in [9.17, 15) is 19.2 Å². The highest BCUT2D eigenvalue weighted by molar-refractivity contribution is 6.06. The van der Waals surface area contributed by atoms with Gasteiger partial charge >= 0.3 is 12.0 Å². The topological polar surface area (TPSA) is 116 Å². The highest BCUT2D eigenvalue weighted by atomic mass is 16.4. The number of rotatable bonds is 5. The van der Waals surface area contributed by atoms with Crippen LogP contribution in [0.1, 0.15) is 40.0 Å². The first-order valence-corrected chi connectivity index (χ1v) is 6.82. The maximum Gasteiger partial charge on any atom is 0.318 e. The van der Waals surface area contributed by atoms with Gasteiger partial charge in [-0.3, -0.25) is 19.7 Å². The van der Waals surface area contributed by atoms with Crippen molar-refractivity contribution in [3.8, 4) is 0 Å². The standard InChI is InChI=1S/C13H21N3O5/c1-4-5-8(6-10(18)19)14-12(21)16-7-9(17)15-11(20)13(16,2)3/h8H,4-7H2,1-3H3,(H,14,21)(H,18,19)(H,15,17,20). The second-order valence-electron chi connectivity index (χ2n) is 5.56. The summed E-state index contributed by atoms with van der Waals surface area (Å²) in [6.07, 6.45) is 1.02. The molecule has 3 N–H and O–H groups in total. The van der Waals surface area contributed by atoms with Crippen molar-refractivity contribution in [2.45, 2.75) is 51.6 Å². The molecule has 8 heteroatoms. The summed E-state index contributed by atoms with van der Waals surface area (Å²) in [5.74, 6) is -2.13. The maximum absolute atomic E-state index is 12.3. The minimum Gasteiger partial charge on any atom is -0.481 e. The molecule has 0 spiro atoms. The molecule has 4 amide bonds. The van der Waals surface area contributed by atoms with Crippen molar-refractivity contribution in [3.63, 3.8) is 0 Å². The molecule has 1 aliphatic heterocycles. The smallest absolute Gasteiger partial charge is 0.318 e. The Morgan fingerprint density at radius 1 is 1.43 bits per heavy atom. The zero-order chi connectivity index (χ0) is 16.2. The molecular weight excluding hydrogens is 278 g/mol. The van der Waals surface area contributed by atoms with Crippen molar-refractivity contribution in [1.82, 2.24) is 15.5 Å². The van der Waals surface area contributed by atoms with Crippen molar-refractivity contribution in [3.05, 3.63) is 0 Å². The molecule has 1 aliphatic rings. The van der Waals surface area contributed by atoms with Gasteiger partial charge in [0, 0.05) is 6.04 Å². The number of carboxylic acids is 1. The molecule has 0 aromatic carbocycles. The van der Waals surface area contributed by atoms with Crippen LogP contribution in [-0.4, -0.2) is 51.9 Å². The third kappa shape index (κ3) is 4.17. The molecule has 21 heavy (non-hydrogen) atoms. The van der Waals surface area contributed by atoms with E-state index in [4.69, 9.17) is 5.11 Å². The Labute approximate surface area is 122 Å². The number of nitrogens with zero attached hydrogens (tertiary/aromatic N) is 1. The number of nitrogens with one attached hydrogen (secondary N) is 2. The van der Waals surface area contributed by atoms with E-state index in [1.165, 1.54) is 13.8 Å². The number of carboxylic acid groups (broad SMARTS) is 1. The van der Waals surface area contributed by atoms with Gasteiger partial charge in [-0.2, -0.15) is 0 Å². The van der Waals surface area contributed by atoms with Crippen LogP contribution in [-0.2, 0) is 14.4 Å². The van der Waals surface area contributed by atoms with Gasteiger partial charge < -0.3 is 15.3 Å². The van der Waals surface area contributed by atoms with E-state index in [0.29, 0.717) is 12.8 Å². The fourth-order valence-electron chi connectivity index (χ4n) is 2.15. The molecule has 1 rings (SSSR count). The van der Waals surface area contributed by atoms with E-state index >= 15 is 0 Å². The largest absolute Gasteiger partial charge is 0.481 e. The van der Waals surface area contributed by atoms with Gasteiger partial charge in [0.2, 0.25) is 5.91 Å². The predicted octanol–water partition coefficient (Wildman–Crippen LogP) is 0.0764. The van der Waals surface area contributed by atoms with E-state index in [1.807, 2.05) is 6.92 Å². The summed E-state index contributed by atoms with van der Waals surface area (Å²) in [5, 5.41) is 13.6. The summed E-state index contributed by atoms with van der Waals surface area (Å²) < 4.78 is 0. The quantitative estimate of drug-likeness (QED) is 0.622. The Balaban J connectivity index is 2.82. The normalized spacial score (nSPS) is 18.9. The fraction of sp³-hybridized carbons (Fsp3) is 0.692. The lowest BCUT2D eigenvalue weighted by molar-refractivity contribution is -0.143. The average Bonchev–Trinajstić information content (AvgIpc) is 2.33. The van der Waals surface area contributed by atoms with Crippen LogP contribution in [0.25, 0.3) is 0 Å². The van der Waals surface area contributed by atoms with Crippen molar-refractivity contribution in [1.29, 1.82) is 0 Å². The number of carbonyl (C=O) groups is 4. The summed E-state index contributed by atoms with van der Waals surface area (Å²) in [6.45, 7) is 4.69. The molecule has 0 aliphatic carbocycles. The van der Waals surface area contributed by atoms with Gasteiger partial charge in [0.25, 0.3) is 5.91 Å². The lowest BCUT2D eigenvalue weighted by Crippen LogP contribution is -2.67. The molecule has 0 aromatic rings. The lowest BCUT2D eigenvalue weighted by Gasteiger charge is -2.40. The molecule has 118 valence electrons. The van der Waals surface area contributed by atoms with Crippen LogP contribution in [0.5, 0.6) is 0 Å². The van der Waals surface area contributed by atoms with Gasteiger partial charge in [0.05, 0.1) is 6.42 Å². The Morgan fingerprint density at radius 3 is 2.57 bits per heavy atom.